The zero-order valence-corrected chi connectivity index (χ0v) is 22.0. The van der Waals surface area contributed by atoms with Crippen LogP contribution in [0, 0.1) is 5.92 Å². The maximum Gasteiger partial charge on any atom is 0.263 e. The SMILES string of the molecule is CNC(=O)C(CCCc1ccccc1)N(NC(=O)C(NC(C)=O)C(C)OCC1CCCCC1)C(C)=O. The van der Waals surface area contributed by atoms with Crippen molar-refractivity contribution in [2.45, 2.75) is 90.3 Å². The molecule has 0 heterocycles. The molecule has 1 aliphatic rings. The topological polar surface area (TPSA) is 117 Å². The molecule has 9 nitrogen and oxygen atoms in total. The molecular formula is C27H42N4O5. The monoisotopic (exact) mass is 502 g/mol. The minimum Gasteiger partial charge on any atom is -0.376 e. The lowest BCUT2D eigenvalue weighted by atomic mass is 9.90. The van der Waals surface area contributed by atoms with Crippen LogP contribution >= 0.6 is 0 Å². The third-order valence-corrected chi connectivity index (χ3v) is 6.65. The molecule has 1 saturated carbocycles. The molecule has 4 amide bonds. The van der Waals surface area contributed by atoms with Crippen LogP contribution in [-0.4, -0.2) is 60.5 Å². The van der Waals surface area contributed by atoms with Crippen LogP contribution in [0.2, 0.25) is 0 Å². The number of nitrogens with one attached hydrogen (secondary N) is 3. The predicted octanol–water partition coefficient (Wildman–Crippen LogP) is 2.49. The minimum atomic E-state index is -1.01. The van der Waals surface area contributed by atoms with E-state index in [9.17, 15) is 19.2 Å². The van der Waals surface area contributed by atoms with Crippen molar-refractivity contribution in [3.63, 3.8) is 0 Å². The largest absolute Gasteiger partial charge is 0.376 e. The van der Waals surface area contributed by atoms with E-state index < -0.39 is 30.0 Å². The van der Waals surface area contributed by atoms with Gasteiger partial charge in [0.2, 0.25) is 17.7 Å². The van der Waals surface area contributed by atoms with E-state index in [1.165, 1.54) is 40.2 Å². The maximum atomic E-state index is 13.3. The van der Waals surface area contributed by atoms with Gasteiger partial charge in [-0.15, -0.1) is 0 Å². The molecule has 0 radical (unpaired) electrons. The molecule has 1 aromatic rings. The van der Waals surface area contributed by atoms with E-state index in [1.54, 1.807) is 6.92 Å². The molecule has 3 unspecified atom stereocenters. The molecule has 2 rings (SSSR count). The van der Waals surface area contributed by atoms with Crippen molar-refractivity contribution in [3.05, 3.63) is 35.9 Å². The molecule has 0 aliphatic heterocycles. The van der Waals surface area contributed by atoms with Crippen molar-refractivity contribution >= 4 is 23.6 Å². The van der Waals surface area contributed by atoms with Gasteiger partial charge in [0, 0.05) is 27.5 Å². The van der Waals surface area contributed by atoms with Crippen LogP contribution < -0.4 is 16.1 Å². The van der Waals surface area contributed by atoms with Crippen molar-refractivity contribution in [1.29, 1.82) is 0 Å². The third kappa shape index (κ3) is 9.60. The van der Waals surface area contributed by atoms with Gasteiger partial charge in [-0.25, -0.2) is 5.01 Å². The summed E-state index contributed by atoms with van der Waals surface area (Å²) >= 11 is 0. The number of hydrogen-bond acceptors (Lipinski definition) is 5. The summed E-state index contributed by atoms with van der Waals surface area (Å²) < 4.78 is 5.99. The number of carbonyl (C=O) groups is 4. The molecule has 1 aliphatic carbocycles. The Kier molecular flexibility index (Phi) is 12.4. The van der Waals surface area contributed by atoms with Crippen molar-refractivity contribution in [3.8, 4) is 0 Å². The zero-order valence-electron chi connectivity index (χ0n) is 22.0. The number of ether oxygens (including phenoxy) is 1. The van der Waals surface area contributed by atoms with Gasteiger partial charge in [0.05, 0.1) is 6.10 Å². The first-order valence-corrected chi connectivity index (χ1v) is 13.0. The summed E-state index contributed by atoms with van der Waals surface area (Å²) in [5, 5.41) is 6.29. The molecule has 1 fully saturated rings. The highest BCUT2D eigenvalue weighted by molar-refractivity contribution is 5.91. The molecular weight excluding hydrogens is 460 g/mol. The van der Waals surface area contributed by atoms with Crippen LogP contribution in [0.3, 0.4) is 0 Å². The van der Waals surface area contributed by atoms with Crippen molar-refractivity contribution in [2.24, 2.45) is 5.92 Å². The molecule has 200 valence electrons. The number of amides is 4. The number of likely N-dealkylation sites (N-methyl/N-ethyl adjacent to an activating group) is 1. The molecule has 0 spiro atoms. The number of hydrogen-bond donors (Lipinski definition) is 3. The smallest absolute Gasteiger partial charge is 0.263 e. The average molecular weight is 503 g/mol. The van der Waals surface area contributed by atoms with E-state index in [4.69, 9.17) is 4.74 Å². The van der Waals surface area contributed by atoms with Crippen LogP contribution in [0.1, 0.15) is 71.3 Å². The second-order valence-electron chi connectivity index (χ2n) is 9.59. The molecule has 36 heavy (non-hydrogen) atoms. The summed E-state index contributed by atoms with van der Waals surface area (Å²) in [5.41, 5.74) is 3.72. The summed E-state index contributed by atoms with van der Waals surface area (Å²) in [4.78, 5) is 50.4. The lowest BCUT2D eigenvalue weighted by molar-refractivity contribution is -0.150. The summed E-state index contributed by atoms with van der Waals surface area (Å²) in [7, 11) is 1.49. The minimum absolute atomic E-state index is 0.354. The van der Waals surface area contributed by atoms with Crippen LogP contribution in [-0.2, 0) is 30.3 Å². The predicted molar refractivity (Wildman–Crippen MR) is 137 cm³/mol. The fourth-order valence-corrected chi connectivity index (χ4v) is 4.61. The van der Waals surface area contributed by atoms with Crippen molar-refractivity contribution < 1.29 is 23.9 Å². The Bertz CT molecular complexity index is 857. The van der Waals surface area contributed by atoms with Gasteiger partial charge in [-0.2, -0.15) is 0 Å². The molecule has 3 atom stereocenters. The highest BCUT2D eigenvalue weighted by Gasteiger charge is 2.33. The first-order valence-electron chi connectivity index (χ1n) is 13.0. The van der Waals surface area contributed by atoms with E-state index >= 15 is 0 Å². The number of rotatable bonds is 12. The lowest BCUT2D eigenvalue weighted by Gasteiger charge is -2.33. The Balaban J connectivity index is 2.08. The number of benzene rings is 1. The molecule has 0 bridgehead atoms. The number of aryl methyl sites for hydroxylation is 1. The Labute approximate surface area is 214 Å². The molecule has 0 aromatic heterocycles. The Morgan fingerprint density at radius 2 is 1.69 bits per heavy atom. The van der Waals surface area contributed by atoms with E-state index in [-0.39, 0.29) is 11.8 Å². The number of hydrazine groups is 1. The van der Waals surface area contributed by atoms with E-state index in [2.05, 4.69) is 16.1 Å². The van der Waals surface area contributed by atoms with E-state index in [0.29, 0.717) is 25.4 Å². The second-order valence-corrected chi connectivity index (χ2v) is 9.59. The Morgan fingerprint density at radius 1 is 1.03 bits per heavy atom. The van der Waals surface area contributed by atoms with Crippen LogP contribution in [0.25, 0.3) is 0 Å². The van der Waals surface area contributed by atoms with Gasteiger partial charge < -0.3 is 15.4 Å². The van der Waals surface area contributed by atoms with Crippen molar-refractivity contribution in [2.75, 3.05) is 13.7 Å². The van der Waals surface area contributed by atoms with E-state index in [0.717, 1.165) is 29.8 Å². The van der Waals surface area contributed by atoms with Crippen LogP contribution in [0.5, 0.6) is 0 Å². The summed E-state index contributed by atoms with van der Waals surface area (Å²) in [6.07, 6.45) is 6.90. The normalized spacial score (nSPS) is 16.3. The fraction of sp³-hybridized carbons (Fsp3) is 0.630. The maximum absolute atomic E-state index is 13.3. The summed E-state index contributed by atoms with van der Waals surface area (Å²) in [6.45, 7) is 4.87. The standard InChI is InChI=1S/C27H42N4O5/c1-19(36-18-23-14-9-6-10-15-23)25(29-20(2)32)27(35)30-31(21(3)33)24(26(34)28-4)17-11-16-22-12-7-5-8-13-22/h5,7-8,12-13,19,23-25H,6,9-11,14-18H2,1-4H3,(H,28,34)(H,29,32)(H,30,35). The molecule has 9 heteroatoms. The highest BCUT2D eigenvalue weighted by atomic mass is 16.5. The van der Waals surface area contributed by atoms with Gasteiger partial charge in [-0.05, 0) is 50.5 Å². The van der Waals surface area contributed by atoms with Gasteiger partial charge in [0.25, 0.3) is 5.91 Å². The van der Waals surface area contributed by atoms with Gasteiger partial charge in [0.1, 0.15) is 12.1 Å². The van der Waals surface area contributed by atoms with Gasteiger partial charge in [0.15, 0.2) is 0 Å². The molecule has 3 N–H and O–H groups in total. The number of carbonyl (C=O) groups excluding carboxylic acids is 4. The first-order chi connectivity index (χ1) is 17.2. The fourth-order valence-electron chi connectivity index (χ4n) is 4.61. The zero-order chi connectivity index (χ0) is 26.5. The van der Waals surface area contributed by atoms with Crippen molar-refractivity contribution in [1.82, 2.24) is 21.1 Å². The molecule has 0 saturated heterocycles. The quantitative estimate of drug-likeness (QED) is 0.380. The number of nitrogens with zero attached hydrogens (tertiary/aromatic N) is 1. The third-order valence-electron chi connectivity index (χ3n) is 6.65. The van der Waals surface area contributed by atoms with Crippen LogP contribution in [0.15, 0.2) is 30.3 Å². The Hall–Kier alpha value is -2.94. The van der Waals surface area contributed by atoms with Gasteiger partial charge in [-0.1, -0.05) is 49.6 Å². The average Bonchev–Trinajstić information content (AvgIpc) is 2.87. The van der Waals surface area contributed by atoms with Gasteiger partial charge >= 0.3 is 0 Å². The van der Waals surface area contributed by atoms with Gasteiger partial charge in [-0.3, -0.25) is 24.6 Å². The van der Waals surface area contributed by atoms with Crippen LogP contribution in [0.4, 0.5) is 0 Å². The van der Waals surface area contributed by atoms with E-state index in [1.807, 2.05) is 30.3 Å². The summed E-state index contributed by atoms with van der Waals surface area (Å²) in [5.74, 6) is -1.40. The summed E-state index contributed by atoms with van der Waals surface area (Å²) in [6, 6.07) is 7.95. The highest BCUT2D eigenvalue weighted by Crippen LogP contribution is 2.24. The lowest BCUT2D eigenvalue weighted by Crippen LogP contribution is -2.61. The Morgan fingerprint density at radius 3 is 2.28 bits per heavy atom. The first kappa shape index (κ1) is 29.3. The molecule has 1 aromatic carbocycles. The second kappa shape index (κ2) is 15.2.